The van der Waals surface area contributed by atoms with Crippen molar-refractivity contribution >= 4 is 40.6 Å². The Labute approximate surface area is 181 Å². The zero-order chi connectivity index (χ0) is 21.9. The summed E-state index contributed by atoms with van der Waals surface area (Å²) in [6, 6.07) is 13.6. The molecule has 9 heteroatoms. The number of benzene rings is 2. The van der Waals surface area contributed by atoms with Crippen LogP contribution in [0.15, 0.2) is 54.6 Å². The number of aromatic nitrogens is 1. The fraction of sp³-hybridized carbons (Fsp3) is 0.143. The Morgan fingerprint density at radius 1 is 1.00 bits per heavy atom. The molecule has 1 heterocycles. The number of halogens is 5. The van der Waals surface area contributed by atoms with E-state index in [1.165, 1.54) is 0 Å². The van der Waals surface area contributed by atoms with E-state index < -0.39 is 17.8 Å². The number of hydrogen-bond donors (Lipinski definition) is 2. The molecule has 2 aromatic carbocycles. The summed E-state index contributed by atoms with van der Waals surface area (Å²) >= 11 is 11.8. The maximum absolute atomic E-state index is 13.2. The molecule has 3 rings (SSSR count). The van der Waals surface area contributed by atoms with E-state index in [0.29, 0.717) is 15.7 Å². The van der Waals surface area contributed by atoms with E-state index in [2.05, 4.69) is 15.6 Å². The number of alkyl halides is 3. The van der Waals surface area contributed by atoms with Crippen molar-refractivity contribution in [1.82, 2.24) is 10.3 Å². The Morgan fingerprint density at radius 2 is 1.67 bits per heavy atom. The van der Waals surface area contributed by atoms with Gasteiger partial charge in [-0.25, -0.2) is 4.98 Å². The van der Waals surface area contributed by atoms with Crippen molar-refractivity contribution in [1.29, 1.82) is 0 Å². The number of carbonyl (C=O) groups is 1. The summed E-state index contributed by atoms with van der Waals surface area (Å²) in [5, 5.41) is 6.43. The Morgan fingerprint density at radius 3 is 2.33 bits per heavy atom. The third-order valence-electron chi connectivity index (χ3n) is 4.25. The first-order valence-electron chi connectivity index (χ1n) is 8.77. The minimum absolute atomic E-state index is 0.0312. The van der Waals surface area contributed by atoms with Crippen molar-refractivity contribution in [3.05, 3.63) is 87.0 Å². The average Bonchev–Trinajstić information content (AvgIpc) is 2.69. The van der Waals surface area contributed by atoms with Gasteiger partial charge in [0.05, 0.1) is 5.56 Å². The van der Waals surface area contributed by atoms with E-state index in [4.69, 9.17) is 23.2 Å². The van der Waals surface area contributed by atoms with Gasteiger partial charge in [0.15, 0.2) is 0 Å². The first-order chi connectivity index (χ1) is 14.1. The molecule has 0 aliphatic rings. The van der Waals surface area contributed by atoms with Crippen LogP contribution in [0.2, 0.25) is 10.0 Å². The Hall–Kier alpha value is -2.77. The van der Waals surface area contributed by atoms with E-state index in [0.717, 1.165) is 23.3 Å². The van der Waals surface area contributed by atoms with Crippen molar-refractivity contribution in [2.75, 3.05) is 5.32 Å². The SMILES string of the molecule is Cc1ccc(Cl)cc1Nc1nc(C(F)(F)F)ccc1C(=O)NCc1ccc(Cl)cc1. The summed E-state index contributed by atoms with van der Waals surface area (Å²) in [6.07, 6.45) is -4.65. The first-order valence-corrected chi connectivity index (χ1v) is 9.53. The van der Waals surface area contributed by atoms with Gasteiger partial charge in [-0.3, -0.25) is 4.79 Å². The van der Waals surface area contributed by atoms with E-state index >= 15 is 0 Å². The first kappa shape index (κ1) is 21.9. The highest BCUT2D eigenvalue weighted by Gasteiger charge is 2.33. The van der Waals surface area contributed by atoms with E-state index in [1.807, 2.05) is 0 Å². The zero-order valence-electron chi connectivity index (χ0n) is 15.6. The van der Waals surface area contributed by atoms with Crippen LogP contribution in [0.25, 0.3) is 0 Å². The standard InChI is InChI=1S/C21H16Cl2F3N3O/c1-12-2-5-15(23)10-17(12)28-19-16(8-9-18(29-19)21(24,25)26)20(30)27-11-13-3-6-14(22)7-4-13/h2-10H,11H2,1H3,(H,27,30)(H,28,29). The summed E-state index contributed by atoms with van der Waals surface area (Å²) in [5.41, 5.74) is 0.815. The van der Waals surface area contributed by atoms with Gasteiger partial charge in [-0.2, -0.15) is 13.2 Å². The maximum atomic E-state index is 13.2. The molecule has 1 amide bonds. The number of amides is 1. The van der Waals surface area contributed by atoms with Gasteiger partial charge in [0.2, 0.25) is 0 Å². The quantitative estimate of drug-likeness (QED) is 0.470. The van der Waals surface area contributed by atoms with Crippen LogP contribution in [0.1, 0.15) is 27.2 Å². The Bertz CT molecular complexity index is 1070. The molecule has 156 valence electrons. The molecule has 0 spiro atoms. The number of anilines is 2. The lowest BCUT2D eigenvalue weighted by Gasteiger charge is -2.16. The highest BCUT2D eigenvalue weighted by Crippen LogP contribution is 2.31. The van der Waals surface area contributed by atoms with Gasteiger partial charge < -0.3 is 10.6 Å². The molecule has 0 fully saturated rings. The second-order valence-electron chi connectivity index (χ2n) is 6.48. The smallest absolute Gasteiger partial charge is 0.348 e. The molecule has 0 unspecified atom stereocenters. The molecule has 30 heavy (non-hydrogen) atoms. The minimum Gasteiger partial charge on any atom is -0.348 e. The maximum Gasteiger partial charge on any atom is 0.433 e. The lowest BCUT2D eigenvalue weighted by atomic mass is 10.1. The number of nitrogens with zero attached hydrogens (tertiary/aromatic N) is 1. The van der Waals surface area contributed by atoms with Crippen molar-refractivity contribution in [2.45, 2.75) is 19.6 Å². The minimum atomic E-state index is -4.65. The number of carbonyl (C=O) groups excluding carboxylic acids is 1. The normalized spacial score (nSPS) is 11.3. The predicted molar refractivity (Wildman–Crippen MR) is 111 cm³/mol. The van der Waals surface area contributed by atoms with Crippen molar-refractivity contribution in [2.24, 2.45) is 0 Å². The van der Waals surface area contributed by atoms with Crippen LogP contribution in [0.4, 0.5) is 24.7 Å². The van der Waals surface area contributed by atoms with Crippen molar-refractivity contribution in [3.63, 3.8) is 0 Å². The third kappa shape index (κ3) is 5.43. The lowest BCUT2D eigenvalue weighted by Crippen LogP contribution is -2.24. The Balaban J connectivity index is 1.91. The van der Waals surface area contributed by atoms with Crippen molar-refractivity contribution < 1.29 is 18.0 Å². The highest BCUT2D eigenvalue weighted by molar-refractivity contribution is 6.31. The molecular formula is C21H16Cl2F3N3O. The van der Waals surface area contributed by atoms with Gasteiger partial charge in [0.1, 0.15) is 11.5 Å². The van der Waals surface area contributed by atoms with Gasteiger partial charge in [-0.1, -0.05) is 41.4 Å². The number of rotatable bonds is 5. The molecule has 0 atom stereocenters. The van der Waals surface area contributed by atoms with Gasteiger partial charge in [-0.05, 0) is 54.4 Å². The van der Waals surface area contributed by atoms with Crippen LogP contribution in [-0.2, 0) is 12.7 Å². The Kier molecular flexibility index (Phi) is 6.53. The van der Waals surface area contributed by atoms with Crippen LogP contribution in [0.3, 0.4) is 0 Å². The zero-order valence-corrected chi connectivity index (χ0v) is 17.2. The number of hydrogen-bond acceptors (Lipinski definition) is 3. The van der Waals surface area contributed by atoms with Crippen molar-refractivity contribution in [3.8, 4) is 0 Å². The third-order valence-corrected chi connectivity index (χ3v) is 4.74. The van der Waals surface area contributed by atoms with E-state index in [-0.39, 0.29) is 17.9 Å². The fourth-order valence-electron chi connectivity index (χ4n) is 2.63. The molecular weight excluding hydrogens is 438 g/mol. The summed E-state index contributed by atoms with van der Waals surface area (Å²) < 4.78 is 39.5. The molecule has 1 aromatic heterocycles. The molecule has 0 saturated heterocycles. The summed E-state index contributed by atoms with van der Waals surface area (Å²) in [5.74, 6) is -0.794. The van der Waals surface area contributed by atoms with E-state index in [9.17, 15) is 18.0 Å². The second kappa shape index (κ2) is 8.93. The second-order valence-corrected chi connectivity index (χ2v) is 7.36. The molecule has 3 aromatic rings. The lowest BCUT2D eigenvalue weighted by molar-refractivity contribution is -0.141. The monoisotopic (exact) mass is 453 g/mol. The fourth-order valence-corrected chi connectivity index (χ4v) is 2.93. The van der Waals surface area contributed by atoms with E-state index in [1.54, 1.807) is 49.4 Å². The number of aryl methyl sites for hydroxylation is 1. The molecule has 0 aliphatic carbocycles. The summed E-state index contributed by atoms with van der Waals surface area (Å²) in [6.45, 7) is 1.93. The summed E-state index contributed by atoms with van der Waals surface area (Å²) in [4.78, 5) is 16.3. The number of pyridine rings is 1. The van der Waals surface area contributed by atoms with Crippen LogP contribution in [0, 0.1) is 6.92 Å². The van der Waals surface area contributed by atoms with Gasteiger partial charge >= 0.3 is 6.18 Å². The van der Waals surface area contributed by atoms with Crippen LogP contribution < -0.4 is 10.6 Å². The van der Waals surface area contributed by atoms with Crippen LogP contribution >= 0.6 is 23.2 Å². The van der Waals surface area contributed by atoms with Gasteiger partial charge in [0, 0.05) is 22.3 Å². The predicted octanol–water partition coefficient (Wildman–Crippen LogP) is 6.39. The topological polar surface area (TPSA) is 54.0 Å². The molecule has 4 nitrogen and oxygen atoms in total. The van der Waals surface area contributed by atoms with Crippen LogP contribution in [-0.4, -0.2) is 10.9 Å². The molecule has 2 N–H and O–H groups in total. The van der Waals surface area contributed by atoms with Crippen LogP contribution in [0.5, 0.6) is 0 Å². The largest absolute Gasteiger partial charge is 0.433 e. The van der Waals surface area contributed by atoms with Gasteiger partial charge in [0.25, 0.3) is 5.91 Å². The average molecular weight is 454 g/mol. The molecule has 0 aliphatic heterocycles. The van der Waals surface area contributed by atoms with Gasteiger partial charge in [-0.15, -0.1) is 0 Å². The number of nitrogens with one attached hydrogen (secondary N) is 2. The summed E-state index contributed by atoms with van der Waals surface area (Å²) in [7, 11) is 0. The molecule has 0 radical (unpaired) electrons. The molecule has 0 bridgehead atoms. The molecule has 0 saturated carbocycles. The highest BCUT2D eigenvalue weighted by atomic mass is 35.5.